The van der Waals surface area contributed by atoms with Crippen molar-refractivity contribution in [1.29, 1.82) is 0 Å². The lowest BCUT2D eigenvalue weighted by atomic mass is 10.2. The second kappa shape index (κ2) is 4.22. The Morgan fingerprint density at radius 2 is 2.29 bits per heavy atom. The first-order valence-corrected chi connectivity index (χ1v) is 6.26. The molecule has 2 aromatic heterocycles. The Morgan fingerprint density at radius 3 is 3.06 bits per heavy atom. The summed E-state index contributed by atoms with van der Waals surface area (Å²) in [5.41, 5.74) is 3.43. The second-order valence-electron chi connectivity index (χ2n) is 3.93. The fraction of sp³-hybridized carbons (Fsp3) is 0.154. The molecule has 1 aromatic carbocycles. The standard InChI is InChI=1S/C13H12N2OS/c1-9-3-2-4-11-12(9)15-13(17-11)14-7-10-5-6-16-8-10/h2-6,8H,7H2,1H3,(H,14,15). The molecule has 0 atom stereocenters. The van der Waals surface area contributed by atoms with Gasteiger partial charge in [-0.25, -0.2) is 4.98 Å². The molecular weight excluding hydrogens is 232 g/mol. The Morgan fingerprint density at radius 1 is 1.35 bits per heavy atom. The van der Waals surface area contributed by atoms with Crippen LogP contribution in [0.3, 0.4) is 0 Å². The van der Waals surface area contributed by atoms with Crippen LogP contribution in [0.1, 0.15) is 11.1 Å². The third kappa shape index (κ3) is 2.03. The summed E-state index contributed by atoms with van der Waals surface area (Å²) in [5, 5.41) is 4.27. The summed E-state index contributed by atoms with van der Waals surface area (Å²) in [6, 6.07) is 8.20. The molecule has 0 aliphatic heterocycles. The largest absolute Gasteiger partial charge is 0.472 e. The molecule has 3 rings (SSSR count). The average Bonchev–Trinajstić information content (AvgIpc) is 2.95. The average molecular weight is 244 g/mol. The fourth-order valence-corrected chi connectivity index (χ4v) is 2.67. The highest BCUT2D eigenvalue weighted by atomic mass is 32.1. The van der Waals surface area contributed by atoms with Crippen LogP contribution < -0.4 is 5.32 Å². The van der Waals surface area contributed by atoms with Crippen LogP contribution in [0.15, 0.2) is 41.2 Å². The molecule has 0 unspecified atom stereocenters. The molecule has 1 N–H and O–H groups in total. The van der Waals surface area contributed by atoms with E-state index in [4.69, 9.17) is 4.42 Å². The highest BCUT2D eigenvalue weighted by molar-refractivity contribution is 7.22. The van der Waals surface area contributed by atoms with Gasteiger partial charge < -0.3 is 9.73 Å². The smallest absolute Gasteiger partial charge is 0.184 e. The Hall–Kier alpha value is -1.81. The van der Waals surface area contributed by atoms with Crippen LogP contribution in [0, 0.1) is 6.92 Å². The number of aryl methyl sites for hydroxylation is 1. The molecule has 17 heavy (non-hydrogen) atoms. The maximum Gasteiger partial charge on any atom is 0.184 e. The summed E-state index contributed by atoms with van der Waals surface area (Å²) in [6.45, 7) is 2.83. The van der Waals surface area contributed by atoms with Gasteiger partial charge in [0.2, 0.25) is 0 Å². The summed E-state index contributed by atoms with van der Waals surface area (Å²) < 4.78 is 6.25. The number of anilines is 1. The molecule has 3 nitrogen and oxygen atoms in total. The van der Waals surface area contributed by atoms with Crippen LogP contribution in [0.4, 0.5) is 5.13 Å². The van der Waals surface area contributed by atoms with Gasteiger partial charge in [0.05, 0.1) is 22.7 Å². The van der Waals surface area contributed by atoms with E-state index in [2.05, 4.69) is 35.4 Å². The number of thiazole rings is 1. The molecule has 0 aliphatic carbocycles. The molecule has 0 aliphatic rings. The van der Waals surface area contributed by atoms with Crippen LogP contribution in [-0.2, 0) is 6.54 Å². The Bertz CT molecular complexity index is 628. The molecule has 0 bridgehead atoms. The van der Waals surface area contributed by atoms with Gasteiger partial charge in [-0.15, -0.1) is 0 Å². The van der Waals surface area contributed by atoms with Gasteiger partial charge in [0.1, 0.15) is 0 Å². The van der Waals surface area contributed by atoms with Crippen molar-refractivity contribution in [2.75, 3.05) is 5.32 Å². The lowest BCUT2D eigenvalue weighted by molar-refractivity contribution is 0.564. The Balaban J connectivity index is 1.84. The normalized spacial score (nSPS) is 10.9. The van der Waals surface area contributed by atoms with E-state index in [1.807, 2.05) is 6.07 Å². The van der Waals surface area contributed by atoms with Crippen LogP contribution in [0.2, 0.25) is 0 Å². The monoisotopic (exact) mass is 244 g/mol. The number of para-hydroxylation sites is 1. The van der Waals surface area contributed by atoms with E-state index in [1.165, 1.54) is 10.3 Å². The van der Waals surface area contributed by atoms with Crippen molar-refractivity contribution < 1.29 is 4.42 Å². The number of rotatable bonds is 3. The third-order valence-corrected chi connectivity index (χ3v) is 3.62. The van der Waals surface area contributed by atoms with Crippen LogP contribution in [-0.4, -0.2) is 4.98 Å². The zero-order chi connectivity index (χ0) is 11.7. The van der Waals surface area contributed by atoms with Gasteiger partial charge in [-0.1, -0.05) is 23.5 Å². The lowest BCUT2D eigenvalue weighted by Gasteiger charge is -1.97. The van der Waals surface area contributed by atoms with E-state index in [0.717, 1.165) is 22.8 Å². The minimum Gasteiger partial charge on any atom is -0.472 e. The molecule has 86 valence electrons. The molecule has 0 fully saturated rings. The van der Waals surface area contributed by atoms with E-state index < -0.39 is 0 Å². The maximum absolute atomic E-state index is 5.02. The van der Waals surface area contributed by atoms with Gasteiger partial charge in [-0.05, 0) is 24.6 Å². The first-order valence-electron chi connectivity index (χ1n) is 5.44. The SMILES string of the molecule is Cc1cccc2sc(NCc3ccoc3)nc12. The highest BCUT2D eigenvalue weighted by Crippen LogP contribution is 2.28. The summed E-state index contributed by atoms with van der Waals surface area (Å²) >= 11 is 1.68. The molecule has 3 aromatic rings. The summed E-state index contributed by atoms with van der Waals surface area (Å²) in [4.78, 5) is 4.59. The predicted molar refractivity (Wildman–Crippen MR) is 70.4 cm³/mol. The number of hydrogen-bond acceptors (Lipinski definition) is 4. The number of aromatic nitrogens is 1. The van der Waals surface area contributed by atoms with Crippen molar-refractivity contribution in [3.05, 3.63) is 47.9 Å². The van der Waals surface area contributed by atoms with E-state index >= 15 is 0 Å². The van der Waals surface area contributed by atoms with E-state index in [1.54, 1.807) is 23.9 Å². The van der Waals surface area contributed by atoms with Gasteiger partial charge >= 0.3 is 0 Å². The van der Waals surface area contributed by atoms with Crippen LogP contribution in [0.5, 0.6) is 0 Å². The molecular formula is C13H12N2OS. The first-order chi connectivity index (χ1) is 8.33. The van der Waals surface area contributed by atoms with E-state index in [9.17, 15) is 0 Å². The minimum atomic E-state index is 0.745. The van der Waals surface area contributed by atoms with Crippen molar-refractivity contribution >= 4 is 26.7 Å². The Kier molecular flexibility index (Phi) is 2.57. The maximum atomic E-state index is 5.02. The molecule has 0 radical (unpaired) electrons. The van der Waals surface area contributed by atoms with Gasteiger partial charge in [0, 0.05) is 12.1 Å². The quantitative estimate of drug-likeness (QED) is 0.761. The zero-order valence-corrected chi connectivity index (χ0v) is 10.3. The minimum absolute atomic E-state index is 0.745. The molecule has 2 heterocycles. The van der Waals surface area contributed by atoms with Crippen molar-refractivity contribution in [1.82, 2.24) is 4.98 Å². The summed E-state index contributed by atoms with van der Waals surface area (Å²) in [6.07, 6.45) is 3.42. The number of furan rings is 1. The van der Waals surface area contributed by atoms with Gasteiger partial charge in [0.25, 0.3) is 0 Å². The van der Waals surface area contributed by atoms with Crippen molar-refractivity contribution in [2.24, 2.45) is 0 Å². The third-order valence-electron chi connectivity index (χ3n) is 2.64. The predicted octanol–water partition coefficient (Wildman–Crippen LogP) is 3.81. The molecule has 0 spiro atoms. The van der Waals surface area contributed by atoms with E-state index in [-0.39, 0.29) is 0 Å². The van der Waals surface area contributed by atoms with Gasteiger partial charge in [-0.2, -0.15) is 0 Å². The number of benzene rings is 1. The van der Waals surface area contributed by atoms with E-state index in [0.29, 0.717) is 0 Å². The number of nitrogens with one attached hydrogen (secondary N) is 1. The lowest BCUT2D eigenvalue weighted by Crippen LogP contribution is -1.96. The zero-order valence-electron chi connectivity index (χ0n) is 9.43. The number of hydrogen-bond donors (Lipinski definition) is 1. The van der Waals surface area contributed by atoms with Gasteiger partial charge in [-0.3, -0.25) is 0 Å². The number of nitrogens with zero attached hydrogens (tertiary/aromatic N) is 1. The molecule has 0 saturated carbocycles. The topological polar surface area (TPSA) is 38.1 Å². The van der Waals surface area contributed by atoms with Crippen LogP contribution in [0.25, 0.3) is 10.2 Å². The van der Waals surface area contributed by atoms with Crippen molar-refractivity contribution in [3.8, 4) is 0 Å². The van der Waals surface area contributed by atoms with Crippen molar-refractivity contribution in [3.63, 3.8) is 0 Å². The Labute approximate surface area is 103 Å². The van der Waals surface area contributed by atoms with Crippen molar-refractivity contribution in [2.45, 2.75) is 13.5 Å². The molecule has 4 heteroatoms. The highest BCUT2D eigenvalue weighted by Gasteiger charge is 2.05. The summed E-state index contributed by atoms with van der Waals surface area (Å²) in [7, 11) is 0. The fourth-order valence-electron chi connectivity index (χ4n) is 1.73. The van der Waals surface area contributed by atoms with Crippen LogP contribution >= 0.6 is 11.3 Å². The molecule has 0 saturated heterocycles. The number of fused-ring (bicyclic) bond motifs is 1. The second-order valence-corrected chi connectivity index (χ2v) is 4.96. The summed E-state index contributed by atoms with van der Waals surface area (Å²) in [5.74, 6) is 0. The molecule has 0 amide bonds. The van der Waals surface area contributed by atoms with Gasteiger partial charge in [0.15, 0.2) is 5.13 Å². The first kappa shape index (κ1) is 10.4.